The maximum atomic E-state index is 9.01. The van der Waals surface area contributed by atoms with E-state index in [1.165, 1.54) is 0 Å². The molecule has 2 N–H and O–H groups in total. The van der Waals surface area contributed by atoms with E-state index < -0.39 is 0 Å². The number of aliphatic hydroxyl groups is 1. The molecule has 0 bridgehead atoms. The zero-order valence-electron chi connectivity index (χ0n) is 6.34. The Labute approximate surface area is 61.4 Å². The Morgan fingerprint density at radius 3 is 3.10 bits per heavy atom. The summed E-state index contributed by atoms with van der Waals surface area (Å²) in [5.41, 5.74) is 0. The van der Waals surface area contributed by atoms with Crippen molar-refractivity contribution in [3.63, 3.8) is 0 Å². The molecule has 0 spiro atoms. The molecule has 0 aromatic heterocycles. The van der Waals surface area contributed by atoms with E-state index in [2.05, 4.69) is 5.32 Å². The van der Waals surface area contributed by atoms with Crippen molar-refractivity contribution in [1.82, 2.24) is 5.32 Å². The van der Waals surface area contributed by atoms with Crippen molar-refractivity contribution in [3.05, 3.63) is 0 Å². The first kappa shape index (κ1) is 7.98. The van der Waals surface area contributed by atoms with Gasteiger partial charge in [0.05, 0.1) is 19.3 Å². The van der Waals surface area contributed by atoms with Gasteiger partial charge in [-0.15, -0.1) is 0 Å². The molecule has 1 heterocycles. The molecule has 1 saturated heterocycles. The van der Waals surface area contributed by atoms with E-state index in [9.17, 15) is 0 Å². The van der Waals surface area contributed by atoms with E-state index >= 15 is 0 Å². The molecule has 1 aliphatic heterocycles. The van der Waals surface area contributed by atoms with Crippen LogP contribution in [0.1, 0.15) is 13.3 Å². The van der Waals surface area contributed by atoms with Crippen LogP contribution in [0.5, 0.6) is 0 Å². The van der Waals surface area contributed by atoms with Crippen LogP contribution < -0.4 is 5.32 Å². The maximum Gasteiger partial charge on any atom is 0.0621 e. The standard InChI is InChI=1S/C7H15NO2/c1-6(9)4-7-5-10-3-2-8-7/h6-9H,2-5H2,1H3/t6-,7+/m1/s1. The molecule has 0 saturated carbocycles. The average Bonchev–Trinajstić information content (AvgIpc) is 1.88. The van der Waals surface area contributed by atoms with Crippen LogP contribution in [0.2, 0.25) is 0 Å². The largest absolute Gasteiger partial charge is 0.393 e. The first-order valence-corrected chi connectivity index (χ1v) is 3.78. The van der Waals surface area contributed by atoms with Gasteiger partial charge in [-0.05, 0) is 13.3 Å². The van der Waals surface area contributed by atoms with Crippen molar-refractivity contribution in [2.45, 2.75) is 25.5 Å². The Bertz CT molecular complexity index is 89.6. The Kier molecular flexibility index (Phi) is 3.12. The van der Waals surface area contributed by atoms with Crippen molar-refractivity contribution in [2.75, 3.05) is 19.8 Å². The van der Waals surface area contributed by atoms with Crippen molar-refractivity contribution in [1.29, 1.82) is 0 Å². The molecule has 0 aromatic carbocycles. The number of aliphatic hydroxyl groups excluding tert-OH is 1. The van der Waals surface area contributed by atoms with Gasteiger partial charge in [0, 0.05) is 12.6 Å². The third-order valence-electron chi connectivity index (χ3n) is 1.62. The highest BCUT2D eigenvalue weighted by Crippen LogP contribution is 2.01. The van der Waals surface area contributed by atoms with Gasteiger partial charge >= 0.3 is 0 Å². The second kappa shape index (κ2) is 3.91. The Morgan fingerprint density at radius 2 is 2.60 bits per heavy atom. The number of hydrogen-bond acceptors (Lipinski definition) is 3. The lowest BCUT2D eigenvalue weighted by atomic mass is 10.1. The Balaban J connectivity index is 2.13. The Morgan fingerprint density at radius 1 is 1.80 bits per heavy atom. The second-order valence-electron chi connectivity index (χ2n) is 2.81. The SMILES string of the molecule is C[C@@H](O)C[C@H]1COCCN1. The molecular formula is C7H15NO2. The molecule has 1 fully saturated rings. The monoisotopic (exact) mass is 145 g/mol. The van der Waals surface area contributed by atoms with Crippen LogP contribution in [0.25, 0.3) is 0 Å². The highest BCUT2D eigenvalue weighted by atomic mass is 16.5. The van der Waals surface area contributed by atoms with Crippen molar-refractivity contribution >= 4 is 0 Å². The zero-order valence-corrected chi connectivity index (χ0v) is 6.34. The fourth-order valence-electron chi connectivity index (χ4n) is 1.18. The summed E-state index contributed by atoms with van der Waals surface area (Å²) < 4.78 is 5.21. The summed E-state index contributed by atoms with van der Waals surface area (Å²) in [6.45, 7) is 4.26. The van der Waals surface area contributed by atoms with Gasteiger partial charge in [-0.1, -0.05) is 0 Å². The number of ether oxygens (including phenoxy) is 1. The molecule has 3 nitrogen and oxygen atoms in total. The number of morpholine rings is 1. The molecule has 0 aromatic rings. The smallest absolute Gasteiger partial charge is 0.0621 e. The fraction of sp³-hybridized carbons (Fsp3) is 1.00. The third-order valence-corrected chi connectivity index (χ3v) is 1.62. The summed E-state index contributed by atoms with van der Waals surface area (Å²) in [6.07, 6.45) is 0.569. The minimum atomic E-state index is -0.223. The summed E-state index contributed by atoms with van der Waals surface area (Å²) in [5, 5.41) is 12.3. The maximum absolute atomic E-state index is 9.01. The minimum Gasteiger partial charge on any atom is -0.393 e. The van der Waals surface area contributed by atoms with Crippen LogP contribution in [0.4, 0.5) is 0 Å². The summed E-state index contributed by atoms with van der Waals surface area (Å²) in [4.78, 5) is 0. The van der Waals surface area contributed by atoms with E-state index in [4.69, 9.17) is 9.84 Å². The van der Waals surface area contributed by atoms with Crippen LogP contribution >= 0.6 is 0 Å². The number of nitrogens with one attached hydrogen (secondary N) is 1. The molecule has 3 heteroatoms. The van der Waals surface area contributed by atoms with Gasteiger partial charge in [-0.3, -0.25) is 0 Å². The summed E-state index contributed by atoms with van der Waals surface area (Å²) in [6, 6.07) is 0.355. The lowest BCUT2D eigenvalue weighted by Gasteiger charge is -2.24. The van der Waals surface area contributed by atoms with Crippen molar-refractivity contribution < 1.29 is 9.84 Å². The average molecular weight is 145 g/mol. The summed E-state index contributed by atoms with van der Waals surface area (Å²) in [5.74, 6) is 0. The molecule has 60 valence electrons. The van der Waals surface area contributed by atoms with Gasteiger partial charge in [-0.25, -0.2) is 0 Å². The minimum absolute atomic E-state index is 0.223. The van der Waals surface area contributed by atoms with Gasteiger partial charge in [-0.2, -0.15) is 0 Å². The fourth-order valence-corrected chi connectivity index (χ4v) is 1.18. The highest BCUT2D eigenvalue weighted by molar-refractivity contribution is 4.71. The lowest BCUT2D eigenvalue weighted by Crippen LogP contribution is -2.42. The van der Waals surface area contributed by atoms with Crippen LogP contribution in [0, 0.1) is 0 Å². The predicted octanol–water partition coefficient (Wildman–Crippen LogP) is -0.254. The number of rotatable bonds is 2. The molecule has 0 amide bonds. The molecule has 0 radical (unpaired) electrons. The first-order valence-electron chi connectivity index (χ1n) is 3.78. The topological polar surface area (TPSA) is 41.5 Å². The summed E-state index contributed by atoms with van der Waals surface area (Å²) >= 11 is 0. The van der Waals surface area contributed by atoms with Gasteiger partial charge in [0.1, 0.15) is 0 Å². The van der Waals surface area contributed by atoms with Gasteiger partial charge in [0.25, 0.3) is 0 Å². The molecule has 1 aliphatic rings. The van der Waals surface area contributed by atoms with E-state index in [0.29, 0.717) is 6.04 Å². The van der Waals surface area contributed by atoms with E-state index in [-0.39, 0.29) is 6.10 Å². The lowest BCUT2D eigenvalue weighted by molar-refractivity contribution is 0.0557. The van der Waals surface area contributed by atoms with E-state index in [0.717, 1.165) is 26.2 Å². The molecule has 10 heavy (non-hydrogen) atoms. The molecule has 1 rings (SSSR count). The quantitative estimate of drug-likeness (QED) is 0.563. The molecule has 0 unspecified atom stereocenters. The number of hydrogen-bond donors (Lipinski definition) is 2. The predicted molar refractivity (Wildman–Crippen MR) is 38.9 cm³/mol. The van der Waals surface area contributed by atoms with E-state index in [1.54, 1.807) is 6.92 Å². The highest BCUT2D eigenvalue weighted by Gasteiger charge is 2.14. The van der Waals surface area contributed by atoms with E-state index in [1.807, 2.05) is 0 Å². The molecule has 0 aliphatic carbocycles. The van der Waals surface area contributed by atoms with Gasteiger partial charge in [0.15, 0.2) is 0 Å². The van der Waals surface area contributed by atoms with Crippen LogP contribution in [0.15, 0.2) is 0 Å². The van der Waals surface area contributed by atoms with Gasteiger partial charge < -0.3 is 15.2 Å². The van der Waals surface area contributed by atoms with Crippen LogP contribution in [-0.4, -0.2) is 37.0 Å². The molecular weight excluding hydrogens is 130 g/mol. The normalized spacial score (nSPS) is 30.0. The van der Waals surface area contributed by atoms with Crippen LogP contribution in [0.3, 0.4) is 0 Å². The first-order chi connectivity index (χ1) is 4.79. The third kappa shape index (κ3) is 2.64. The summed E-state index contributed by atoms with van der Waals surface area (Å²) in [7, 11) is 0. The zero-order chi connectivity index (χ0) is 7.40. The second-order valence-corrected chi connectivity index (χ2v) is 2.81. The van der Waals surface area contributed by atoms with Gasteiger partial charge in [0.2, 0.25) is 0 Å². The van der Waals surface area contributed by atoms with Crippen LogP contribution in [-0.2, 0) is 4.74 Å². The Hall–Kier alpha value is -0.120. The van der Waals surface area contributed by atoms with Crippen molar-refractivity contribution in [2.24, 2.45) is 0 Å². The van der Waals surface area contributed by atoms with Crippen molar-refractivity contribution in [3.8, 4) is 0 Å². The molecule has 2 atom stereocenters.